The van der Waals surface area contributed by atoms with Crippen LogP contribution in [-0.4, -0.2) is 13.9 Å². The highest BCUT2D eigenvalue weighted by atomic mass is 33.5. The minimum Gasteiger partial charge on any atom is -0.239 e. The molecule has 6 heteroatoms. The van der Waals surface area contributed by atoms with E-state index < -0.39 is 0 Å². The Balaban J connectivity index is 1.98. The lowest BCUT2D eigenvalue weighted by Crippen LogP contribution is -2.05. The quantitative estimate of drug-likeness (QED) is 0.679. The standard InChI is InChI=1S/C12H12N2S4/c1-12(2)15-11-10(16-18-17-12)8-14(13-11)9-6-4-3-5-7-9/h3-8H,1-2H3. The molecule has 0 radical (unpaired) electrons. The fourth-order valence-corrected chi connectivity index (χ4v) is 8.30. The van der Waals surface area contributed by atoms with E-state index >= 15 is 0 Å². The highest BCUT2D eigenvalue weighted by Crippen LogP contribution is 2.58. The molecule has 0 saturated carbocycles. The molecule has 0 saturated heterocycles. The Labute approximate surface area is 122 Å². The average Bonchev–Trinajstić information content (AvgIpc) is 2.66. The number of fused-ring (bicyclic) bond motifs is 1. The normalized spacial score (nSPS) is 18.1. The number of para-hydroxylation sites is 1. The summed E-state index contributed by atoms with van der Waals surface area (Å²) < 4.78 is 2.14. The van der Waals surface area contributed by atoms with Gasteiger partial charge in [0.2, 0.25) is 0 Å². The molecule has 0 bridgehead atoms. The van der Waals surface area contributed by atoms with Crippen molar-refractivity contribution in [1.82, 2.24) is 9.78 Å². The second-order valence-electron chi connectivity index (χ2n) is 4.32. The van der Waals surface area contributed by atoms with E-state index in [0.717, 1.165) is 10.7 Å². The molecule has 1 aromatic heterocycles. The summed E-state index contributed by atoms with van der Waals surface area (Å²) in [5.41, 5.74) is 1.11. The van der Waals surface area contributed by atoms with Crippen LogP contribution >= 0.6 is 43.2 Å². The second kappa shape index (κ2) is 5.07. The zero-order chi connectivity index (χ0) is 12.6. The number of hydrogen-bond donors (Lipinski definition) is 0. The van der Waals surface area contributed by atoms with E-state index in [0.29, 0.717) is 0 Å². The summed E-state index contributed by atoms with van der Waals surface area (Å²) in [4.78, 5) is 1.26. The zero-order valence-corrected chi connectivity index (χ0v) is 13.3. The van der Waals surface area contributed by atoms with E-state index in [9.17, 15) is 0 Å². The molecule has 0 spiro atoms. The number of thioether (sulfide) groups is 1. The summed E-state index contributed by atoms with van der Waals surface area (Å²) in [6.07, 6.45) is 2.12. The van der Waals surface area contributed by atoms with E-state index in [1.165, 1.54) is 4.90 Å². The number of benzene rings is 1. The van der Waals surface area contributed by atoms with Gasteiger partial charge in [-0.3, -0.25) is 0 Å². The van der Waals surface area contributed by atoms with Crippen molar-refractivity contribution in [3.63, 3.8) is 0 Å². The summed E-state index contributed by atoms with van der Waals surface area (Å²) in [6, 6.07) is 10.3. The molecule has 0 amide bonds. The maximum Gasteiger partial charge on any atom is 0.134 e. The van der Waals surface area contributed by atoms with Crippen molar-refractivity contribution in [2.45, 2.75) is 27.8 Å². The van der Waals surface area contributed by atoms with Crippen molar-refractivity contribution in [1.29, 1.82) is 0 Å². The number of rotatable bonds is 1. The largest absolute Gasteiger partial charge is 0.239 e. The smallest absolute Gasteiger partial charge is 0.134 e. The molecule has 2 aromatic rings. The van der Waals surface area contributed by atoms with Crippen LogP contribution in [0.25, 0.3) is 5.69 Å². The first-order valence-electron chi connectivity index (χ1n) is 5.50. The second-order valence-corrected chi connectivity index (χ2v) is 10.7. The number of nitrogens with zero attached hydrogens (tertiary/aromatic N) is 2. The van der Waals surface area contributed by atoms with Crippen LogP contribution in [0.5, 0.6) is 0 Å². The van der Waals surface area contributed by atoms with Gasteiger partial charge in [0.1, 0.15) is 5.03 Å². The van der Waals surface area contributed by atoms with Gasteiger partial charge < -0.3 is 0 Å². The molecule has 1 aromatic carbocycles. The van der Waals surface area contributed by atoms with Crippen LogP contribution in [0.1, 0.15) is 13.8 Å². The van der Waals surface area contributed by atoms with Crippen molar-refractivity contribution >= 4 is 43.2 Å². The molecule has 0 atom stereocenters. The first-order chi connectivity index (χ1) is 8.64. The molecule has 0 aliphatic carbocycles. The van der Waals surface area contributed by atoms with Crippen LogP contribution in [0.3, 0.4) is 0 Å². The lowest BCUT2D eigenvalue weighted by atomic mass is 10.3. The number of hydrogen-bond acceptors (Lipinski definition) is 5. The maximum absolute atomic E-state index is 4.71. The molecule has 2 heterocycles. The minimum atomic E-state index is 0.165. The van der Waals surface area contributed by atoms with E-state index in [-0.39, 0.29) is 4.08 Å². The molecule has 3 rings (SSSR count). The molecule has 2 nitrogen and oxygen atoms in total. The topological polar surface area (TPSA) is 17.8 Å². The molecule has 18 heavy (non-hydrogen) atoms. The predicted octanol–water partition coefficient (Wildman–Crippen LogP) is 5.10. The van der Waals surface area contributed by atoms with Gasteiger partial charge >= 0.3 is 0 Å². The van der Waals surface area contributed by atoms with Gasteiger partial charge in [-0.05, 0) is 46.6 Å². The van der Waals surface area contributed by atoms with E-state index in [1.54, 1.807) is 10.8 Å². The van der Waals surface area contributed by atoms with Crippen LogP contribution < -0.4 is 0 Å². The first kappa shape index (κ1) is 12.8. The van der Waals surface area contributed by atoms with E-state index in [2.05, 4.69) is 32.2 Å². The van der Waals surface area contributed by atoms with Gasteiger partial charge in [0, 0.05) is 6.20 Å². The van der Waals surface area contributed by atoms with Crippen molar-refractivity contribution in [3.8, 4) is 5.69 Å². The average molecular weight is 313 g/mol. The summed E-state index contributed by atoms with van der Waals surface area (Å²) in [5, 5.41) is 5.84. The Morgan fingerprint density at radius 1 is 1.17 bits per heavy atom. The highest BCUT2D eigenvalue weighted by Gasteiger charge is 2.28. The molecular formula is C12H12N2S4. The van der Waals surface area contributed by atoms with E-state index in [1.807, 2.05) is 55.3 Å². The van der Waals surface area contributed by atoms with Crippen molar-refractivity contribution in [2.24, 2.45) is 0 Å². The van der Waals surface area contributed by atoms with Crippen LogP contribution in [0.2, 0.25) is 0 Å². The summed E-state index contributed by atoms with van der Waals surface area (Å²) in [6.45, 7) is 4.49. The van der Waals surface area contributed by atoms with Crippen molar-refractivity contribution < 1.29 is 0 Å². The Kier molecular flexibility index (Phi) is 3.62. The van der Waals surface area contributed by atoms with Crippen LogP contribution in [-0.2, 0) is 0 Å². The minimum absolute atomic E-state index is 0.165. The molecule has 94 valence electrons. The third-order valence-electron chi connectivity index (χ3n) is 2.37. The summed E-state index contributed by atoms with van der Waals surface area (Å²) in [7, 11) is 5.53. The summed E-state index contributed by atoms with van der Waals surface area (Å²) in [5.74, 6) is 0. The Bertz CT molecular complexity index is 550. The van der Waals surface area contributed by atoms with Gasteiger partial charge in [-0.2, -0.15) is 5.10 Å². The van der Waals surface area contributed by atoms with Gasteiger partial charge in [-0.1, -0.05) is 40.8 Å². The SMILES string of the molecule is CC1(C)SSSc2cn(-c3ccccc3)nc2S1. The fourth-order valence-electron chi connectivity index (χ4n) is 1.57. The Hall–Kier alpha value is -0.170. The van der Waals surface area contributed by atoms with Crippen LogP contribution in [0.4, 0.5) is 0 Å². The third kappa shape index (κ3) is 2.71. The predicted molar refractivity (Wildman–Crippen MR) is 84.5 cm³/mol. The van der Waals surface area contributed by atoms with Gasteiger partial charge in [-0.25, -0.2) is 4.68 Å². The van der Waals surface area contributed by atoms with Gasteiger partial charge in [0.15, 0.2) is 0 Å². The Morgan fingerprint density at radius 2 is 1.94 bits per heavy atom. The molecular weight excluding hydrogens is 300 g/mol. The molecule has 1 aliphatic rings. The van der Waals surface area contributed by atoms with Gasteiger partial charge in [0.25, 0.3) is 0 Å². The lowest BCUT2D eigenvalue weighted by Gasteiger charge is -2.17. The maximum atomic E-state index is 4.71. The molecule has 1 aliphatic heterocycles. The van der Waals surface area contributed by atoms with Crippen molar-refractivity contribution in [3.05, 3.63) is 36.5 Å². The first-order valence-corrected chi connectivity index (χ1v) is 9.80. The monoisotopic (exact) mass is 312 g/mol. The molecule has 0 unspecified atom stereocenters. The molecule has 0 N–H and O–H groups in total. The van der Waals surface area contributed by atoms with E-state index in [4.69, 9.17) is 5.10 Å². The lowest BCUT2D eigenvalue weighted by molar-refractivity contribution is 0.833. The highest BCUT2D eigenvalue weighted by molar-refractivity contribution is 9.10. The van der Waals surface area contributed by atoms with Gasteiger partial charge in [0.05, 0.1) is 14.7 Å². The third-order valence-corrected chi connectivity index (χ3v) is 8.74. The van der Waals surface area contributed by atoms with Gasteiger partial charge in [-0.15, -0.1) is 0 Å². The van der Waals surface area contributed by atoms with Crippen LogP contribution in [0.15, 0.2) is 46.5 Å². The zero-order valence-electron chi connectivity index (χ0n) is 9.99. The fraction of sp³-hybridized carbons (Fsp3) is 0.250. The molecule has 0 fully saturated rings. The summed E-state index contributed by atoms with van der Waals surface area (Å²) >= 11 is 1.84. The Morgan fingerprint density at radius 3 is 2.72 bits per heavy atom. The van der Waals surface area contributed by atoms with Crippen LogP contribution in [0, 0.1) is 0 Å². The van der Waals surface area contributed by atoms with Crippen molar-refractivity contribution in [2.75, 3.05) is 0 Å². The number of aromatic nitrogens is 2.